The number of anilines is 1. The van der Waals surface area contributed by atoms with Crippen molar-refractivity contribution in [3.8, 4) is 5.88 Å². The molecule has 1 N–H and O–H groups in total. The van der Waals surface area contributed by atoms with Gasteiger partial charge in [-0.2, -0.15) is 0 Å². The highest BCUT2D eigenvalue weighted by molar-refractivity contribution is 5.93. The molecule has 0 unspecified atom stereocenters. The Morgan fingerprint density at radius 1 is 1.00 bits per heavy atom. The second-order valence-corrected chi connectivity index (χ2v) is 4.56. The lowest BCUT2D eigenvalue weighted by Crippen LogP contribution is -2.09. The van der Waals surface area contributed by atoms with Gasteiger partial charge in [0, 0.05) is 26.0 Å². The van der Waals surface area contributed by atoms with Crippen LogP contribution in [-0.2, 0) is 4.74 Å². The molecule has 6 nitrogen and oxygen atoms in total. The van der Waals surface area contributed by atoms with Crippen molar-refractivity contribution in [1.82, 2.24) is 15.0 Å². The first-order valence-corrected chi connectivity index (χ1v) is 8.58. The predicted octanol–water partition coefficient (Wildman–Crippen LogP) is 4.15. The Morgan fingerprint density at radius 3 is 2.25 bits per heavy atom. The molecule has 0 aliphatic heterocycles. The van der Waals surface area contributed by atoms with Crippen LogP contribution >= 0.6 is 0 Å². The monoisotopic (exact) mass is 336 g/mol. The van der Waals surface area contributed by atoms with Gasteiger partial charge in [0.2, 0.25) is 5.88 Å². The first-order valence-electron chi connectivity index (χ1n) is 8.58. The molecule has 0 aromatic carbocycles. The highest BCUT2D eigenvalue weighted by atomic mass is 16.5. The van der Waals surface area contributed by atoms with Crippen LogP contribution in [0, 0.1) is 13.8 Å². The van der Waals surface area contributed by atoms with Crippen LogP contribution in [0.2, 0.25) is 0 Å². The molecule has 0 fully saturated rings. The van der Waals surface area contributed by atoms with Crippen molar-refractivity contribution in [3.05, 3.63) is 17.6 Å². The quantitative estimate of drug-likeness (QED) is 0.799. The van der Waals surface area contributed by atoms with Crippen molar-refractivity contribution in [2.24, 2.45) is 0 Å². The number of aromatic nitrogens is 3. The number of rotatable bonds is 6. The first-order chi connectivity index (χ1) is 11.7. The molecule has 0 atom stereocenters. The summed E-state index contributed by atoms with van der Waals surface area (Å²) in [4.78, 5) is 13.3. The summed E-state index contributed by atoms with van der Waals surface area (Å²) in [6, 6.07) is 1.94. The highest BCUT2D eigenvalue weighted by Gasteiger charge is 2.13. The molecule has 0 saturated carbocycles. The number of fused-ring (bicyclic) bond motifs is 1. The minimum atomic E-state index is 0.550. The second kappa shape index (κ2) is 12.5. The lowest BCUT2D eigenvalue weighted by atomic mass is 10.2. The SMILES string of the molecule is CC.CC.COCCCNc1nc(C)nc2cc(C)nc(OC)c12. The maximum Gasteiger partial charge on any atom is 0.226 e. The van der Waals surface area contributed by atoms with Crippen LogP contribution in [0.25, 0.3) is 10.9 Å². The van der Waals surface area contributed by atoms with E-state index in [9.17, 15) is 0 Å². The van der Waals surface area contributed by atoms with Gasteiger partial charge in [-0.25, -0.2) is 15.0 Å². The normalized spacial score (nSPS) is 9.50. The Bertz CT molecular complexity index is 598. The molecule has 6 heteroatoms. The van der Waals surface area contributed by atoms with Gasteiger partial charge in [0.15, 0.2) is 0 Å². The summed E-state index contributed by atoms with van der Waals surface area (Å²) in [6.45, 7) is 13.3. The topological polar surface area (TPSA) is 69.2 Å². The van der Waals surface area contributed by atoms with Gasteiger partial charge in [-0.3, -0.25) is 0 Å². The Morgan fingerprint density at radius 2 is 1.67 bits per heavy atom. The highest BCUT2D eigenvalue weighted by Crippen LogP contribution is 2.29. The molecule has 0 aliphatic rings. The van der Waals surface area contributed by atoms with E-state index in [1.807, 2.05) is 47.6 Å². The number of pyridine rings is 1. The fourth-order valence-corrected chi connectivity index (χ4v) is 2.05. The van der Waals surface area contributed by atoms with Crippen LogP contribution in [0.1, 0.15) is 45.6 Å². The molecule has 2 heterocycles. The van der Waals surface area contributed by atoms with E-state index in [1.165, 1.54) is 0 Å². The van der Waals surface area contributed by atoms with E-state index in [1.54, 1.807) is 14.2 Å². The van der Waals surface area contributed by atoms with E-state index in [4.69, 9.17) is 9.47 Å². The zero-order valence-corrected chi connectivity index (χ0v) is 16.4. The molecule has 2 aromatic heterocycles. The Balaban J connectivity index is 0.00000123. The van der Waals surface area contributed by atoms with Gasteiger partial charge in [0.25, 0.3) is 0 Å². The minimum absolute atomic E-state index is 0.550. The van der Waals surface area contributed by atoms with E-state index in [0.717, 1.165) is 41.2 Å². The molecular formula is C18H32N4O2. The van der Waals surface area contributed by atoms with Crippen molar-refractivity contribution >= 4 is 16.7 Å². The van der Waals surface area contributed by atoms with Crippen LogP contribution < -0.4 is 10.1 Å². The number of aryl methyl sites for hydroxylation is 2. The lowest BCUT2D eigenvalue weighted by molar-refractivity contribution is 0.198. The third-order valence-electron chi connectivity index (χ3n) is 2.90. The summed E-state index contributed by atoms with van der Waals surface area (Å²) in [5.41, 5.74) is 1.72. The second-order valence-electron chi connectivity index (χ2n) is 4.56. The number of hydrogen-bond donors (Lipinski definition) is 1. The van der Waals surface area contributed by atoms with E-state index in [0.29, 0.717) is 12.5 Å². The molecule has 0 aliphatic carbocycles. The number of methoxy groups -OCH3 is 2. The van der Waals surface area contributed by atoms with Crippen molar-refractivity contribution in [2.75, 3.05) is 32.7 Å². The number of ether oxygens (including phenoxy) is 2. The third kappa shape index (κ3) is 6.28. The maximum atomic E-state index is 5.36. The molecular weight excluding hydrogens is 304 g/mol. The zero-order chi connectivity index (χ0) is 18.5. The molecule has 0 bridgehead atoms. The fourth-order valence-electron chi connectivity index (χ4n) is 2.05. The van der Waals surface area contributed by atoms with E-state index in [-0.39, 0.29) is 0 Å². The summed E-state index contributed by atoms with van der Waals surface area (Å²) in [5.74, 6) is 2.03. The molecule has 0 spiro atoms. The first kappa shape index (κ1) is 22.1. The van der Waals surface area contributed by atoms with Crippen molar-refractivity contribution in [1.29, 1.82) is 0 Å². The van der Waals surface area contributed by atoms with Gasteiger partial charge >= 0.3 is 0 Å². The van der Waals surface area contributed by atoms with Crippen LogP contribution in [0.4, 0.5) is 5.82 Å². The maximum absolute atomic E-state index is 5.36. The fraction of sp³-hybridized carbons (Fsp3) is 0.611. The molecule has 24 heavy (non-hydrogen) atoms. The molecule has 0 amide bonds. The van der Waals surface area contributed by atoms with Gasteiger partial charge in [-0.1, -0.05) is 27.7 Å². The van der Waals surface area contributed by atoms with Crippen molar-refractivity contribution in [3.63, 3.8) is 0 Å². The average molecular weight is 336 g/mol. The molecule has 2 aromatic rings. The van der Waals surface area contributed by atoms with Crippen LogP contribution in [-0.4, -0.2) is 42.3 Å². The summed E-state index contributed by atoms with van der Waals surface area (Å²) < 4.78 is 10.4. The largest absolute Gasteiger partial charge is 0.480 e. The number of nitrogens with one attached hydrogen (secondary N) is 1. The van der Waals surface area contributed by atoms with E-state index < -0.39 is 0 Å². The van der Waals surface area contributed by atoms with Crippen molar-refractivity contribution in [2.45, 2.75) is 48.0 Å². The van der Waals surface area contributed by atoms with E-state index in [2.05, 4.69) is 20.3 Å². The predicted molar refractivity (Wildman–Crippen MR) is 101 cm³/mol. The number of hydrogen-bond acceptors (Lipinski definition) is 6. The summed E-state index contributed by atoms with van der Waals surface area (Å²) in [5, 5.41) is 4.13. The van der Waals surface area contributed by atoms with Gasteiger partial charge in [-0.15, -0.1) is 0 Å². The Labute approximate surface area is 146 Å². The zero-order valence-electron chi connectivity index (χ0n) is 16.4. The standard InChI is InChI=1S/C14H20N4O2.2C2H6/c1-9-8-11-12(14(16-9)20-4)13(18-10(2)17-11)15-6-5-7-19-3;2*1-2/h8H,5-7H2,1-4H3,(H,15,17,18);2*1-2H3. The van der Waals surface area contributed by atoms with Crippen LogP contribution in [0.15, 0.2) is 6.07 Å². The average Bonchev–Trinajstić information content (AvgIpc) is 2.60. The van der Waals surface area contributed by atoms with E-state index >= 15 is 0 Å². The summed E-state index contributed by atoms with van der Waals surface area (Å²) >= 11 is 0. The Hall–Kier alpha value is -1.95. The van der Waals surface area contributed by atoms with Gasteiger partial charge in [-0.05, 0) is 26.3 Å². The number of nitrogens with zero attached hydrogens (tertiary/aromatic N) is 3. The summed E-state index contributed by atoms with van der Waals surface area (Å²) in [7, 11) is 3.30. The van der Waals surface area contributed by atoms with Crippen molar-refractivity contribution < 1.29 is 9.47 Å². The molecule has 0 radical (unpaired) electrons. The van der Waals surface area contributed by atoms with Crippen LogP contribution in [0.5, 0.6) is 5.88 Å². The molecule has 0 saturated heterocycles. The van der Waals surface area contributed by atoms with Gasteiger partial charge in [0.05, 0.1) is 12.6 Å². The smallest absolute Gasteiger partial charge is 0.226 e. The summed E-state index contributed by atoms with van der Waals surface area (Å²) in [6.07, 6.45) is 0.905. The molecule has 2 rings (SSSR count). The van der Waals surface area contributed by atoms with Crippen LogP contribution in [0.3, 0.4) is 0 Å². The molecule has 136 valence electrons. The van der Waals surface area contributed by atoms with Gasteiger partial charge in [0.1, 0.15) is 17.0 Å². The Kier molecular flexibility index (Phi) is 11.5. The van der Waals surface area contributed by atoms with Gasteiger partial charge < -0.3 is 14.8 Å². The third-order valence-corrected chi connectivity index (χ3v) is 2.90. The lowest BCUT2D eigenvalue weighted by Gasteiger charge is -2.12. The minimum Gasteiger partial charge on any atom is -0.480 e.